The number of aliphatic hydroxyl groups excluding tert-OH is 1. The van der Waals surface area contributed by atoms with Crippen molar-refractivity contribution < 1.29 is 19.5 Å². The predicted octanol–water partition coefficient (Wildman–Crippen LogP) is 1.03. The molecule has 1 aromatic rings. The van der Waals surface area contributed by atoms with Crippen LogP contribution in [0.15, 0.2) is 24.3 Å². The van der Waals surface area contributed by atoms with Crippen LogP contribution < -0.4 is 0 Å². The van der Waals surface area contributed by atoms with E-state index in [0.29, 0.717) is 6.54 Å². The van der Waals surface area contributed by atoms with Crippen LogP contribution >= 0.6 is 0 Å². The first-order valence-electron chi connectivity index (χ1n) is 6.90. The maximum absolute atomic E-state index is 12.0. The summed E-state index contributed by atoms with van der Waals surface area (Å²) in [4.78, 5) is 17.7. The number of aliphatic hydroxyl groups is 1. The lowest BCUT2D eigenvalue weighted by Crippen LogP contribution is -2.35. The Bertz CT molecular complexity index is 518. The van der Waals surface area contributed by atoms with Crippen LogP contribution in [-0.2, 0) is 20.9 Å². The van der Waals surface area contributed by atoms with Crippen molar-refractivity contribution in [2.45, 2.75) is 38.6 Å². The summed E-state index contributed by atoms with van der Waals surface area (Å²) >= 11 is 0. The molecule has 0 amide bonds. The van der Waals surface area contributed by atoms with Gasteiger partial charge < -0.3 is 9.84 Å². The topological polar surface area (TPSA) is 59.0 Å². The molecule has 108 valence electrons. The molecule has 5 nitrogen and oxygen atoms in total. The molecule has 2 heterocycles. The zero-order chi connectivity index (χ0) is 14.3. The minimum Gasteiger partial charge on any atom is -0.461 e. The first-order valence-corrected chi connectivity index (χ1v) is 6.90. The molecule has 2 fully saturated rings. The summed E-state index contributed by atoms with van der Waals surface area (Å²) in [5.41, 5.74) is 2.24. The van der Waals surface area contributed by atoms with E-state index in [4.69, 9.17) is 9.57 Å². The molecule has 0 aliphatic carbocycles. The van der Waals surface area contributed by atoms with Crippen LogP contribution in [0.2, 0.25) is 0 Å². The van der Waals surface area contributed by atoms with Crippen LogP contribution in [-0.4, -0.2) is 41.0 Å². The number of hydroxylamine groups is 2. The van der Waals surface area contributed by atoms with Gasteiger partial charge in [-0.05, 0) is 19.4 Å². The van der Waals surface area contributed by atoms with Gasteiger partial charge in [-0.1, -0.05) is 29.8 Å². The fourth-order valence-corrected chi connectivity index (χ4v) is 3.15. The number of cyclic esters (lactones) is 1. The fourth-order valence-electron chi connectivity index (χ4n) is 3.15. The lowest BCUT2D eigenvalue weighted by molar-refractivity contribution is -0.195. The molecule has 1 N–H and O–H groups in total. The van der Waals surface area contributed by atoms with Crippen LogP contribution in [0.4, 0.5) is 0 Å². The molecule has 20 heavy (non-hydrogen) atoms. The number of ether oxygens (including phenoxy) is 1. The second-order valence-corrected chi connectivity index (χ2v) is 5.55. The van der Waals surface area contributed by atoms with Crippen molar-refractivity contribution in [3.8, 4) is 0 Å². The van der Waals surface area contributed by atoms with Gasteiger partial charge in [-0.3, -0.25) is 9.63 Å². The molecule has 5 heteroatoms. The van der Waals surface area contributed by atoms with E-state index in [-0.39, 0.29) is 30.7 Å². The molecule has 4 unspecified atom stereocenters. The lowest BCUT2D eigenvalue weighted by Gasteiger charge is -2.20. The first kappa shape index (κ1) is 13.5. The third-order valence-corrected chi connectivity index (χ3v) is 4.06. The normalized spacial score (nSPS) is 33.2. The third-order valence-electron chi connectivity index (χ3n) is 4.06. The van der Waals surface area contributed by atoms with E-state index >= 15 is 0 Å². The van der Waals surface area contributed by atoms with Gasteiger partial charge in [-0.15, -0.1) is 0 Å². The number of aryl methyl sites for hydroxylation is 1. The molecule has 2 saturated heterocycles. The number of carbonyl (C=O) groups is 1. The summed E-state index contributed by atoms with van der Waals surface area (Å²) in [6.07, 6.45) is -0.585. The van der Waals surface area contributed by atoms with Gasteiger partial charge in [-0.2, -0.15) is 5.06 Å². The maximum Gasteiger partial charge on any atom is 0.326 e. The first-order chi connectivity index (χ1) is 9.60. The lowest BCUT2D eigenvalue weighted by atomic mass is 9.93. The van der Waals surface area contributed by atoms with Crippen molar-refractivity contribution in [3.63, 3.8) is 0 Å². The smallest absolute Gasteiger partial charge is 0.326 e. The molecule has 2 aliphatic rings. The van der Waals surface area contributed by atoms with Gasteiger partial charge in [0.05, 0.1) is 19.1 Å². The number of carbonyl (C=O) groups excluding carboxylic acids is 1. The molecule has 0 radical (unpaired) electrons. The molecule has 0 bridgehead atoms. The number of benzene rings is 1. The number of fused-ring (bicyclic) bond motifs is 1. The Morgan fingerprint density at radius 3 is 2.90 bits per heavy atom. The number of esters is 1. The Morgan fingerprint density at radius 2 is 2.20 bits per heavy atom. The summed E-state index contributed by atoms with van der Waals surface area (Å²) in [6, 6.07) is 7.66. The average Bonchev–Trinajstić information content (AvgIpc) is 2.90. The molecule has 0 saturated carbocycles. The van der Waals surface area contributed by atoms with Gasteiger partial charge >= 0.3 is 5.97 Å². The number of hydrogen-bond donors (Lipinski definition) is 1. The molecule has 0 spiro atoms. The van der Waals surface area contributed by atoms with Gasteiger partial charge in [0.1, 0.15) is 18.2 Å². The average molecular weight is 277 g/mol. The number of hydrogen-bond acceptors (Lipinski definition) is 5. The third kappa shape index (κ3) is 2.22. The molecular formula is C15H19NO4. The van der Waals surface area contributed by atoms with Crippen molar-refractivity contribution in [2.75, 3.05) is 6.61 Å². The van der Waals surface area contributed by atoms with Crippen LogP contribution in [0.25, 0.3) is 0 Å². The van der Waals surface area contributed by atoms with Crippen LogP contribution in [0.3, 0.4) is 0 Å². The SMILES string of the molecule is Cc1cccc(CN2OC(CO)C3C(C)OC(=O)C32)c1. The summed E-state index contributed by atoms with van der Waals surface area (Å²) in [7, 11) is 0. The van der Waals surface area contributed by atoms with Gasteiger partial charge in [-0.25, -0.2) is 0 Å². The summed E-state index contributed by atoms with van der Waals surface area (Å²) in [5, 5.41) is 11.1. The quantitative estimate of drug-likeness (QED) is 0.836. The molecule has 2 aliphatic heterocycles. The van der Waals surface area contributed by atoms with E-state index in [2.05, 4.69) is 6.07 Å². The Morgan fingerprint density at radius 1 is 1.40 bits per heavy atom. The molecule has 4 atom stereocenters. The standard InChI is InChI=1S/C15H19NO4/c1-9-4-3-5-11(6-9)7-16-14-13(12(8-17)20-16)10(2)19-15(14)18/h3-6,10,12-14,17H,7-8H2,1-2H3. The van der Waals surface area contributed by atoms with Crippen LogP contribution in [0.5, 0.6) is 0 Å². The summed E-state index contributed by atoms with van der Waals surface area (Å²) < 4.78 is 5.28. The van der Waals surface area contributed by atoms with E-state index in [1.807, 2.05) is 32.0 Å². The summed E-state index contributed by atoms with van der Waals surface area (Å²) in [6.45, 7) is 4.29. The van der Waals surface area contributed by atoms with Crippen molar-refractivity contribution >= 4 is 5.97 Å². The minimum absolute atomic E-state index is 0.0997. The monoisotopic (exact) mass is 277 g/mol. The van der Waals surface area contributed by atoms with E-state index in [1.54, 1.807) is 5.06 Å². The van der Waals surface area contributed by atoms with Gasteiger partial charge in [0.15, 0.2) is 0 Å². The minimum atomic E-state index is -0.414. The Kier molecular flexibility index (Phi) is 3.50. The largest absolute Gasteiger partial charge is 0.461 e. The second-order valence-electron chi connectivity index (χ2n) is 5.55. The second kappa shape index (κ2) is 5.16. The highest BCUT2D eigenvalue weighted by Gasteiger charge is 2.55. The molecular weight excluding hydrogens is 258 g/mol. The zero-order valence-corrected chi connectivity index (χ0v) is 11.7. The highest BCUT2D eigenvalue weighted by molar-refractivity contribution is 5.79. The van der Waals surface area contributed by atoms with Crippen LogP contribution in [0.1, 0.15) is 18.1 Å². The zero-order valence-electron chi connectivity index (χ0n) is 11.7. The van der Waals surface area contributed by atoms with E-state index < -0.39 is 6.04 Å². The van der Waals surface area contributed by atoms with Crippen molar-refractivity contribution in [1.29, 1.82) is 0 Å². The van der Waals surface area contributed by atoms with E-state index in [0.717, 1.165) is 5.56 Å². The Labute approximate surface area is 118 Å². The van der Waals surface area contributed by atoms with Crippen molar-refractivity contribution in [1.82, 2.24) is 5.06 Å². The molecule has 1 aromatic carbocycles. The van der Waals surface area contributed by atoms with Crippen LogP contribution in [0, 0.1) is 12.8 Å². The Balaban J connectivity index is 1.82. The van der Waals surface area contributed by atoms with Gasteiger partial charge in [0, 0.05) is 0 Å². The maximum atomic E-state index is 12.0. The van der Waals surface area contributed by atoms with E-state index in [9.17, 15) is 9.90 Å². The number of nitrogens with zero attached hydrogens (tertiary/aromatic N) is 1. The predicted molar refractivity (Wildman–Crippen MR) is 71.5 cm³/mol. The fraction of sp³-hybridized carbons (Fsp3) is 0.533. The molecule has 0 aromatic heterocycles. The molecule has 3 rings (SSSR count). The van der Waals surface area contributed by atoms with Gasteiger partial charge in [0.2, 0.25) is 0 Å². The number of rotatable bonds is 3. The van der Waals surface area contributed by atoms with Gasteiger partial charge in [0.25, 0.3) is 0 Å². The van der Waals surface area contributed by atoms with E-state index in [1.165, 1.54) is 5.56 Å². The summed E-state index contributed by atoms with van der Waals surface area (Å²) in [5.74, 6) is -0.358. The Hall–Kier alpha value is -1.43. The van der Waals surface area contributed by atoms with Crippen molar-refractivity contribution in [2.24, 2.45) is 5.92 Å². The van der Waals surface area contributed by atoms with Crippen molar-refractivity contribution in [3.05, 3.63) is 35.4 Å². The highest BCUT2D eigenvalue weighted by atomic mass is 16.7. The highest BCUT2D eigenvalue weighted by Crippen LogP contribution is 2.38.